The highest BCUT2D eigenvalue weighted by Crippen LogP contribution is 2.33. The van der Waals surface area contributed by atoms with Gasteiger partial charge < -0.3 is 14.6 Å². The fraction of sp³-hybridized carbons (Fsp3) is 0.500. The molecule has 0 aliphatic heterocycles. The zero-order chi connectivity index (χ0) is 14.5. The first kappa shape index (κ1) is 15.1. The first-order valence-corrected chi connectivity index (χ1v) is 8.22. The first-order valence-electron chi connectivity index (χ1n) is 6.01. The lowest BCUT2D eigenvalue weighted by Crippen LogP contribution is -2.20. The van der Waals surface area contributed by atoms with E-state index in [-0.39, 0.29) is 11.3 Å². The van der Waals surface area contributed by atoms with Crippen LogP contribution in [0.1, 0.15) is 0 Å². The number of hydrogen-bond acceptors (Lipinski definition) is 7. The summed E-state index contributed by atoms with van der Waals surface area (Å²) in [4.78, 5) is 16.2. The Morgan fingerprint density at radius 1 is 1.50 bits per heavy atom. The summed E-state index contributed by atoms with van der Waals surface area (Å²) in [5.74, 6) is 0.751. The van der Waals surface area contributed by atoms with Crippen molar-refractivity contribution >= 4 is 33.4 Å². The Labute approximate surface area is 124 Å². The van der Waals surface area contributed by atoms with Gasteiger partial charge in [-0.15, -0.1) is 0 Å². The van der Waals surface area contributed by atoms with E-state index < -0.39 is 0 Å². The van der Waals surface area contributed by atoms with E-state index in [2.05, 4.69) is 4.98 Å². The fourth-order valence-corrected chi connectivity index (χ4v) is 2.91. The zero-order valence-electron chi connectivity index (χ0n) is 11.3. The third-order valence-corrected chi connectivity index (χ3v) is 4.21. The summed E-state index contributed by atoms with van der Waals surface area (Å²) in [6.07, 6.45) is 1.98. The van der Waals surface area contributed by atoms with Crippen LogP contribution in [0.5, 0.6) is 10.9 Å². The highest BCUT2D eigenvalue weighted by molar-refractivity contribution is 7.98. The molecule has 2 aromatic rings. The van der Waals surface area contributed by atoms with Crippen molar-refractivity contribution in [3.63, 3.8) is 0 Å². The molecule has 2 aromatic heterocycles. The van der Waals surface area contributed by atoms with Crippen molar-refractivity contribution in [2.24, 2.45) is 0 Å². The Bertz CT molecular complexity index is 638. The molecule has 0 saturated heterocycles. The van der Waals surface area contributed by atoms with E-state index in [1.165, 1.54) is 17.4 Å². The molecule has 0 radical (unpaired) electrons. The van der Waals surface area contributed by atoms with Crippen molar-refractivity contribution in [1.29, 1.82) is 0 Å². The first-order chi connectivity index (χ1) is 9.67. The Hall–Kier alpha value is -1.25. The van der Waals surface area contributed by atoms with Gasteiger partial charge in [-0.25, -0.2) is 0 Å². The van der Waals surface area contributed by atoms with Gasteiger partial charge in [-0.3, -0.25) is 9.36 Å². The summed E-state index contributed by atoms with van der Waals surface area (Å²) in [7, 11) is 1.59. The molecule has 0 spiro atoms. The van der Waals surface area contributed by atoms with E-state index in [1.54, 1.807) is 23.4 Å². The molecule has 0 saturated carbocycles. The van der Waals surface area contributed by atoms with Crippen molar-refractivity contribution in [2.75, 3.05) is 32.3 Å². The van der Waals surface area contributed by atoms with Crippen molar-refractivity contribution in [3.05, 3.63) is 16.4 Å². The van der Waals surface area contributed by atoms with Gasteiger partial charge in [0.25, 0.3) is 10.8 Å². The number of pyridine rings is 1. The molecule has 0 aliphatic rings. The van der Waals surface area contributed by atoms with Gasteiger partial charge in [0, 0.05) is 25.5 Å². The summed E-state index contributed by atoms with van der Waals surface area (Å²) < 4.78 is 12.5. The van der Waals surface area contributed by atoms with Gasteiger partial charge in [0.05, 0.1) is 6.61 Å². The van der Waals surface area contributed by atoms with Crippen LogP contribution in [0.2, 0.25) is 0 Å². The van der Waals surface area contributed by atoms with Gasteiger partial charge in [-0.2, -0.15) is 16.7 Å². The molecule has 2 heterocycles. The van der Waals surface area contributed by atoms with Crippen LogP contribution in [0.15, 0.2) is 10.9 Å². The van der Waals surface area contributed by atoms with Crippen LogP contribution >= 0.6 is 23.1 Å². The highest BCUT2D eigenvalue weighted by atomic mass is 32.2. The SMILES string of the molecule is COCCOc1nc2c(s1)c(O)cc(=O)n2CCSC. The molecule has 2 rings (SSSR count). The summed E-state index contributed by atoms with van der Waals surface area (Å²) >= 11 is 2.87. The van der Waals surface area contributed by atoms with Crippen molar-refractivity contribution < 1.29 is 14.6 Å². The number of ether oxygens (including phenoxy) is 2. The van der Waals surface area contributed by atoms with Crippen molar-refractivity contribution in [3.8, 4) is 10.9 Å². The predicted octanol–water partition coefficient (Wildman–Crippen LogP) is 1.55. The number of aryl methyl sites for hydroxylation is 1. The van der Waals surface area contributed by atoms with E-state index in [4.69, 9.17) is 9.47 Å². The van der Waals surface area contributed by atoms with Gasteiger partial charge in [0.15, 0.2) is 5.65 Å². The maximum Gasteiger partial charge on any atom is 0.276 e. The minimum absolute atomic E-state index is 0.0514. The Balaban J connectivity index is 2.37. The topological polar surface area (TPSA) is 73.6 Å². The molecule has 0 fully saturated rings. The molecule has 0 atom stereocenters. The van der Waals surface area contributed by atoms with Gasteiger partial charge in [-0.05, 0) is 6.26 Å². The monoisotopic (exact) mass is 316 g/mol. The maximum absolute atomic E-state index is 11.9. The average molecular weight is 316 g/mol. The quantitative estimate of drug-likeness (QED) is 0.781. The standard InChI is InChI=1S/C12H16N2O4S2/c1-17-4-5-18-12-13-11-10(20-12)8(15)7-9(16)14(11)3-6-19-2/h7,15H,3-6H2,1-2H3. The van der Waals surface area contributed by atoms with E-state index in [1.807, 2.05) is 6.26 Å². The van der Waals surface area contributed by atoms with Crippen LogP contribution in [-0.2, 0) is 11.3 Å². The number of rotatable bonds is 7. The number of nitrogens with zero attached hydrogens (tertiary/aromatic N) is 2. The van der Waals surface area contributed by atoms with Crippen LogP contribution in [0.4, 0.5) is 0 Å². The summed E-state index contributed by atoms with van der Waals surface area (Å²) in [6, 6.07) is 1.22. The van der Waals surface area contributed by atoms with Crippen molar-refractivity contribution in [1.82, 2.24) is 9.55 Å². The lowest BCUT2D eigenvalue weighted by molar-refractivity contribution is 0.146. The highest BCUT2D eigenvalue weighted by Gasteiger charge is 2.14. The zero-order valence-corrected chi connectivity index (χ0v) is 12.9. The van der Waals surface area contributed by atoms with E-state index in [0.29, 0.717) is 35.3 Å². The minimum atomic E-state index is -0.252. The molecule has 110 valence electrons. The molecule has 0 bridgehead atoms. The van der Waals surface area contributed by atoms with E-state index in [9.17, 15) is 9.90 Å². The lowest BCUT2D eigenvalue weighted by Gasteiger charge is -2.05. The number of thioether (sulfide) groups is 1. The number of aromatic hydroxyl groups is 1. The van der Waals surface area contributed by atoms with Crippen LogP contribution in [-0.4, -0.2) is 47.0 Å². The maximum atomic E-state index is 11.9. The molecular weight excluding hydrogens is 300 g/mol. The van der Waals surface area contributed by atoms with Crippen LogP contribution in [0.25, 0.3) is 10.3 Å². The third kappa shape index (κ3) is 3.25. The Morgan fingerprint density at radius 3 is 3.00 bits per heavy atom. The molecule has 1 N–H and O–H groups in total. The van der Waals surface area contributed by atoms with Gasteiger partial charge >= 0.3 is 0 Å². The Kier molecular flexibility index (Phi) is 5.27. The van der Waals surface area contributed by atoms with E-state index in [0.717, 1.165) is 5.75 Å². The van der Waals surface area contributed by atoms with Gasteiger partial charge in [-0.1, -0.05) is 11.3 Å². The normalized spacial score (nSPS) is 11.1. The van der Waals surface area contributed by atoms with Crippen LogP contribution < -0.4 is 10.3 Å². The number of thiazole rings is 1. The van der Waals surface area contributed by atoms with Crippen LogP contribution in [0, 0.1) is 0 Å². The molecule has 6 nitrogen and oxygen atoms in total. The molecular formula is C12H16N2O4S2. The second-order valence-corrected chi connectivity index (χ2v) is 5.93. The summed E-state index contributed by atoms with van der Waals surface area (Å²) in [5.41, 5.74) is 0.222. The largest absolute Gasteiger partial charge is 0.506 e. The molecule has 0 aromatic carbocycles. The lowest BCUT2D eigenvalue weighted by atomic mass is 10.4. The number of aromatic nitrogens is 2. The molecule has 0 unspecified atom stereocenters. The smallest absolute Gasteiger partial charge is 0.276 e. The average Bonchev–Trinajstić information content (AvgIpc) is 2.83. The summed E-state index contributed by atoms with van der Waals surface area (Å²) in [6.45, 7) is 1.39. The Morgan fingerprint density at radius 2 is 2.30 bits per heavy atom. The predicted molar refractivity (Wildman–Crippen MR) is 81.3 cm³/mol. The third-order valence-electron chi connectivity index (χ3n) is 2.64. The second-order valence-electron chi connectivity index (χ2n) is 3.99. The van der Waals surface area contributed by atoms with Crippen LogP contribution in [0.3, 0.4) is 0 Å². The van der Waals surface area contributed by atoms with Gasteiger partial charge in [0.1, 0.15) is 17.1 Å². The second kappa shape index (κ2) is 6.96. The number of methoxy groups -OCH3 is 1. The molecule has 0 aliphatic carbocycles. The number of fused-ring (bicyclic) bond motifs is 1. The van der Waals surface area contributed by atoms with Gasteiger partial charge in [0.2, 0.25) is 0 Å². The molecule has 8 heteroatoms. The summed E-state index contributed by atoms with van der Waals surface area (Å²) in [5, 5.41) is 10.3. The van der Waals surface area contributed by atoms with E-state index >= 15 is 0 Å². The molecule has 20 heavy (non-hydrogen) atoms. The van der Waals surface area contributed by atoms with Crippen molar-refractivity contribution in [2.45, 2.75) is 6.54 Å². The molecule has 0 amide bonds. The fourth-order valence-electron chi connectivity index (χ4n) is 1.68. The number of hydrogen-bond donors (Lipinski definition) is 1. The minimum Gasteiger partial charge on any atom is -0.506 e.